The largest absolute Gasteiger partial charge is 0.497 e. The minimum Gasteiger partial charge on any atom is -0.497 e. The van der Waals surface area contributed by atoms with E-state index in [4.69, 9.17) is 21.1 Å². The van der Waals surface area contributed by atoms with E-state index < -0.39 is 11.9 Å². The van der Waals surface area contributed by atoms with Gasteiger partial charge >= 0.3 is 0 Å². The molecule has 1 N–H and O–H groups in total. The van der Waals surface area contributed by atoms with Gasteiger partial charge in [-0.2, -0.15) is 0 Å². The molecule has 3 rings (SSSR count). The number of methoxy groups -OCH3 is 1. The molecule has 0 aliphatic carbocycles. The number of halogens is 2. The molecule has 2 aromatic carbocycles. The normalized spacial score (nSPS) is 11.8. The Morgan fingerprint density at radius 1 is 1.26 bits per heavy atom. The number of carbonyl (C=O) groups excluding carboxylic acids is 1. The van der Waals surface area contributed by atoms with Gasteiger partial charge in [0.25, 0.3) is 0 Å². The number of ether oxygens (including phenoxy) is 2. The van der Waals surface area contributed by atoms with E-state index in [9.17, 15) is 9.18 Å². The molecule has 0 aliphatic rings. The van der Waals surface area contributed by atoms with Crippen LogP contribution in [0.3, 0.4) is 0 Å². The van der Waals surface area contributed by atoms with Crippen molar-refractivity contribution in [2.45, 2.75) is 31.7 Å². The zero-order valence-corrected chi connectivity index (χ0v) is 18.8. The monoisotopic (exact) mass is 464 g/mol. The fraction of sp³-hybridized carbons (Fsp3) is 0.286. The third kappa shape index (κ3) is 5.89. The Morgan fingerprint density at radius 2 is 2.00 bits per heavy atom. The average Bonchev–Trinajstić information content (AvgIpc) is 3.18. The maximum absolute atomic E-state index is 13.2. The summed E-state index contributed by atoms with van der Waals surface area (Å²) in [7, 11) is 1.59. The van der Waals surface area contributed by atoms with Crippen LogP contribution < -0.4 is 14.8 Å². The van der Waals surface area contributed by atoms with Crippen LogP contribution in [0.4, 0.5) is 10.1 Å². The number of carbonyl (C=O) groups is 1. The molecule has 1 heterocycles. The second-order valence-electron chi connectivity index (χ2n) is 6.49. The van der Waals surface area contributed by atoms with Crippen molar-refractivity contribution in [2.75, 3.05) is 18.2 Å². The van der Waals surface area contributed by atoms with Crippen LogP contribution in [0.2, 0.25) is 5.02 Å². The number of benzene rings is 2. The van der Waals surface area contributed by atoms with Crippen LogP contribution in [-0.2, 0) is 11.3 Å². The van der Waals surface area contributed by atoms with E-state index in [2.05, 4.69) is 15.5 Å². The van der Waals surface area contributed by atoms with Crippen LogP contribution in [0.25, 0.3) is 0 Å². The van der Waals surface area contributed by atoms with Gasteiger partial charge in [0, 0.05) is 12.2 Å². The molecule has 0 radical (unpaired) electrons. The van der Waals surface area contributed by atoms with E-state index in [0.29, 0.717) is 34.7 Å². The molecule has 164 valence electrons. The van der Waals surface area contributed by atoms with Crippen molar-refractivity contribution in [2.24, 2.45) is 0 Å². The van der Waals surface area contributed by atoms with E-state index in [1.165, 1.54) is 30.0 Å². The molecule has 0 aliphatic heterocycles. The Labute approximate surface area is 188 Å². The van der Waals surface area contributed by atoms with Gasteiger partial charge < -0.3 is 19.4 Å². The van der Waals surface area contributed by atoms with Crippen molar-refractivity contribution in [3.63, 3.8) is 0 Å². The molecule has 31 heavy (non-hydrogen) atoms. The Bertz CT molecular complexity index is 1050. The first-order valence-corrected chi connectivity index (χ1v) is 10.9. The van der Waals surface area contributed by atoms with Crippen molar-refractivity contribution < 1.29 is 18.7 Å². The Hall–Kier alpha value is -2.78. The SMILES string of the molecule is CCn1c(SCC(=O)Nc2ccc(OC)cc2)nnc1C(C)Oc1ccc(F)cc1Cl. The highest BCUT2D eigenvalue weighted by atomic mass is 35.5. The van der Waals surface area contributed by atoms with Gasteiger partial charge in [-0.25, -0.2) is 4.39 Å². The Kier molecular flexibility index (Phi) is 7.75. The highest BCUT2D eigenvalue weighted by Crippen LogP contribution is 2.30. The van der Waals surface area contributed by atoms with Crippen molar-refractivity contribution in [3.05, 3.63) is 59.1 Å². The quantitative estimate of drug-likeness (QED) is 0.450. The fourth-order valence-electron chi connectivity index (χ4n) is 2.82. The van der Waals surface area contributed by atoms with Crippen LogP contribution in [0.1, 0.15) is 25.8 Å². The first-order chi connectivity index (χ1) is 14.9. The summed E-state index contributed by atoms with van der Waals surface area (Å²) in [6, 6.07) is 11.0. The predicted molar refractivity (Wildman–Crippen MR) is 118 cm³/mol. The lowest BCUT2D eigenvalue weighted by Gasteiger charge is -2.16. The number of aromatic nitrogens is 3. The zero-order chi connectivity index (χ0) is 22.4. The van der Waals surface area contributed by atoms with E-state index >= 15 is 0 Å². The molecular formula is C21H22ClFN4O3S. The van der Waals surface area contributed by atoms with Gasteiger partial charge in [-0.05, 0) is 56.3 Å². The maximum atomic E-state index is 13.2. The van der Waals surface area contributed by atoms with E-state index in [-0.39, 0.29) is 16.7 Å². The summed E-state index contributed by atoms with van der Waals surface area (Å²) in [5.41, 5.74) is 0.683. The number of thioether (sulfide) groups is 1. The summed E-state index contributed by atoms with van der Waals surface area (Å²) in [6.07, 6.45) is -0.474. The van der Waals surface area contributed by atoms with Crippen molar-refractivity contribution in [1.82, 2.24) is 14.8 Å². The van der Waals surface area contributed by atoms with Gasteiger partial charge in [-0.1, -0.05) is 23.4 Å². The molecule has 1 aromatic heterocycles. The van der Waals surface area contributed by atoms with E-state index in [1.807, 2.05) is 11.5 Å². The lowest BCUT2D eigenvalue weighted by Crippen LogP contribution is -2.15. The summed E-state index contributed by atoms with van der Waals surface area (Å²) >= 11 is 7.32. The highest BCUT2D eigenvalue weighted by Gasteiger charge is 2.20. The van der Waals surface area contributed by atoms with Crippen molar-refractivity contribution in [1.29, 1.82) is 0 Å². The van der Waals surface area contributed by atoms with Gasteiger partial charge in [0.05, 0.1) is 17.9 Å². The van der Waals surface area contributed by atoms with E-state index in [0.717, 1.165) is 0 Å². The molecule has 0 saturated carbocycles. The Morgan fingerprint density at radius 3 is 2.65 bits per heavy atom. The molecule has 1 unspecified atom stereocenters. The molecule has 0 fully saturated rings. The summed E-state index contributed by atoms with van der Waals surface area (Å²) in [6.45, 7) is 4.35. The molecular weight excluding hydrogens is 443 g/mol. The second-order valence-corrected chi connectivity index (χ2v) is 7.83. The number of nitrogens with zero attached hydrogens (tertiary/aromatic N) is 3. The second kappa shape index (κ2) is 10.5. The summed E-state index contributed by atoms with van der Waals surface area (Å²) in [5.74, 6) is 1.23. The number of anilines is 1. The molecule has 0 spiro atoms. The lowest BCUT2D eigenvalue weighted by molar-refractivity contribution is -0.113. The summed E-state index contributed by atoms with van der Waals surface area (Å²) in [5, 5.41) is 12.0. The number of hydrogen-bond acceptors (Lipinski definition) is 6. The molecule has 1 amide bonds. The number of nitrogens with one attached hydrogen (secondary N) is 1. The predicted octanol–water partition coefficient (Wildman–Crippen LogP) is 4.97. The molecule has 0 bridgehead atoms. The van der Waals surface area contributed by atoms with Crippen LogP contribution in [0.5, 0.6) is 11.5 Å². The Balaban J connectivity index is 1.62. The third-order valence-corrected chi connectivity index (χ3v) is 5.59. The third-order valence-electron chi connectivity index (χ3n) is 4.33. The zero-order valence-electron chi connectivity index (χ0n) is 17.3. The van der Waals surface area contributed by atoms with Gasteiger partial charge in [-0.15, -0.1) is 10.2 Å². The van der Waals surface area contributed by atoms with Gasteiger partial charge in [0.15, 0.2) is 17.1 Å². The standard InChI is InChI=1S/C21H22ClFN4O3S/c1-4-27-20(13(2)30-18-10-5-14(23)11-17(18)22)25-26-21(27)31-12-19(28)24-15-6-8-16(29-3)9-7-15/h5-11,13H,4,12H2,1-3H3,(H,24,28). The smallest absolute Gasteiger partial charge is 0.234 e. The molecule has 10 heteroatoms. The first kappa shape index (κ1) is 22.9. The topological polar surface area (TPSA) is 78.3 Å². The van der Waals surface area contributed by atoms with Crippen molar-refractivity contribution in [3.8, 4) is 11.5 Å². The molecule has 7 nitrogen and oxygen atoms in total. The number of rotatable bonds is 9. The first-order valence-electron chi connectivity index (χ1n) is 9.52. The maximum Gasteiger partial charge on any atom is 0.234 e. The van der Waals surface area contributed by atoms with E-state index in [1.54, 1.807) is 38.3 Å². The van der Waals surface area contributed by atoms with Gasteiger partial charge in [0.2, 0.25) is 5.91 Å². The number of amides is 1. The molecule has 0 saturated heterocycles. The van der Waals surface area contributed by atoms with Crippen LogP contribution in [-0.4, -0.2) is 33.5 Å². The van der Waals surface area contributed by atoms with Gasteiger partial charge in [-0.3, -0.25) is 4.79 Å². The summed E-state index contributed by atoms with van der Waals surface area (Å²) in [4.78, 5) is 12.3. The lowest BCUT2D eigenvalue weighted by atomic mass is 10.3. The van der Waals surface area contributed by atoms with Crippen LogP contribution >= 0.6 is 23.4 Å². The summed E-state index contributed by atoms with van der Waals surface area (Å²) < 4.78 is 26.1. The van der Waals surface area contributed by atoms with Crippen LogP contribution in [0.15, 0.2) is 47.6 Å². The van der Waals surface area contributed by atoms with Crippen LogP contribution in [0, 0.1) is 5.82 Å². The highest BCUT2D eigenvalue weighted by molar-refractivity contribution is 7.99. The van der Waals surface area contributed by atoms with Gasteiger partial charge in [0.1, 0.15) is 17.3 Å². The minimum absolute atomic E-state index is 0.162. The molecule has 1 atom stereocenters. The minimum atomic E-state index is -0.474. The number of hydrogen-bond donors (Lipinski definition) is 1. The van der Waals surface area contributed by atoms with Crippen molar-refractivity contribution >= 4 is 35.0 Å². The average molecular weight is 465 g/mol. The fourth-order valence-corrected chi connectivity index (χ4v) is 3.84. The molecule has 3 aromatic rings.